The average molecular weight is 233 g/mol. The largest absolute Gasteiger partial charge is 0.263 e. The van der Waals surface area contributed by atoms with Gasteiger partial charge in [-0.2, -0.15) is 0 Å². The zero-order valence-corrected chi connectivity index (χ0v) is 10.4. The van der Waals surface area contributed by atoms with E-state index in [0.717, 1.165) is 0 Å². The molecule has 2 heteroatoms. The van der Waals surface area contributed by atoms with Crippen molar-refractivity contribution >= 4 is 32.3 Å². The van der Waals surface area contributed by atoms with Gasteiger partial charge in [-0.05, 0) is 12.1 Å². The summed E-state index contributed by atoms with van der Waals surface area (Å²) >= 11 is 0. The van der Waals surface area contributed by atoms with Gasteiger partial charge in [0.05, 0.1) is 0 Å². The van der Waals surface area contributed by atoms with Crippen LogP contribution in [-0.4, -0.2) is 4.98 Å². The van der Waals surface area contributed by atoms with E-state index in [1.54, 1.807) is 0 Å². The van der Waals surface area contributed by atoms with Gasteiger partial charge in [-0.25, -0.2) is 4.57 Å². The summed E-state index contributed by atoms with van der Waals surface area (Å²) < 4.78 is 2.19. The van der Waals surface area contributed by atoms with Crippen molar-refractivity contribution in [3.63, 3.8) is 0 Å². The highest BCUT2D eigenvalue weighted by Gasteiger charge is 2.14. The molecule has 2 aromatic heterocycles. The summed E-state index contributed by atoms with van der Waals surface area (Å²) in [4.78, 5) is 4.30. The second-order valence-corrected chi connectivity index (χ2v) is 4.93. The fourth-order valence-corrected chi connectivity index (χ4v) is 2.89. The molecule has 0 saturated carbocycles. The van der Waals surface area contributed by atoms with Crippen LogP contribution in [0.1, 0.15) is 5.69 Å². The molecule has 2 aromatic carbocycles. The highest BCUT2D eigenvalue weighted by Crippen LogP contribution is 2.33. The molecule has 0 spiro atoms. The zero-order chi connectivity index (χ0) is 12.3. The maximum absolute atomic E-state index is 4.30. The van der Waals surface area contributed by atoms with Crippen LogP contribution in [-0.2, 0) is 7.05 Å². The summed E-state index contributed by atoms with van der Waals surface area (Å²) in [6, 6.07) is 8.73. The predicted octanol–water partition coefficient (Wildman–Crippen LogP) is 3.11. The molecule has 18 heavy (non-hydrogen) atoms. The summed E-state index contributed by atoms with van der Waals surface area (Å²) in [5, 5.41) is 7.77. The molecule has 0 amide bonds. The molecular weight excluding hydrogens is 220 g/mol. The molecule has 0 atom stereocenters. The molecule has 0 aliphatic rings. The lowest BCUT2D eigenvalue weighted by atomic mass is 9.96. The molecular formula is C16H13N2+. The fraction of sp³-hybridized carbons (Fsp3) is 0.125. The molecule has 0 N–H and O–H groups in total. The van der Waals surface area contributed by atoms with E-state index in [2.05, 4.69) is 54.0 Å². The van der Waals surface area contributed by atoms with Crippen molar-refractivity contribution in [2.45, 2.75) is 6.92 Å². The quantitative estimate of drug-likeness (QED) is 0.337. The van der Waals surface area contributed by atoms with Crippen LogP contribution in [0.3, 0.4) is 0 Å². The lowest BCUT2D eigenvalue weighted by Gasteiger charge is -2.10. The molecule has 0 fully saturated rings. The molecule has 2 nitrogen and oxygen atoms in total. The highest BCUT2D eigenvalue weighted by molar-refractivity contribution is 6.22. The van der Waals surface area contributed by atoms with E-state index >= 15 is 0 Å². The Morgan fingerprint density at radius 3 is 2.33 bits per heavy atom. The van der Waals surface area contributed by atoms with Crippen LogP contribution in [0.2, 0.25) is 0 Å². The van der Waals surface area contributed by atoms with Crippen LogP contribution >= 0.6 is 0 Å². The van der Waals surface area contributed by atoms with E-state index in [-0.39, 0.29) is 0 Å². The van der Waals surface area contributed by atoms with Crippen molar-refractivity contribution in [2.75, 3.05) is 0 Å². The summed E-state index contributed by atoms with van der Waals surface area (Å²) in [6.07, 6.45) is 6.10. The third-order valence-electron chi connectivity index (χ3n) is 3.94. The Kier molecular flexibility index (Phi) is 1.72. The summed E-state index contributed by atoms with van der Waals surface area (Å²) in [5.74, 6) is 0. The maximum atomic E-state index is 4.30. The SMILES string of the molecule is Cc1c2ccc3cncc4ccc(c[n+]1C)c2c43. The van der Waals surface area contributed by atoms with Crippen LogP contribution in [0.4, 0.5) is 0 Å². The number of nitrogens with zero attached hydrogens (tertiary/aromatic N) is 2. The summed E-state index contributed by atoms with van der Waals surface area (Å²) in [5.41, 5.74) is 1.30. The molecule has 4 aromatic rings. The number of rotatable bonds is 0. The van der Waals surface area contributed by atoms with Gasteiger partial charge in [0, 0.05) is 51.6 Å². The van der Waals surface area contributed by atoms with Gasteiger partial charge in [-0.3, -0.25) is 4.98 Å². The van der Waals surface area contributed by atoms with E-state index in [4.69, 9.17) is 0 Å². The van der Waals surface area contributed by atoms with E-state index in [1.807, 2.05) is 12.4 Å². The Morgan fingerprint density at radius 1 is 0.889 bits per heavy atom. The first kappa shape index (κ1) is 9.77. The van der Waals surface area contributed by atoms with Crippen LogP contribution in [0.15, 0.2) is 42.9 Å². The summed E-state index contributed by atoms with van der Waals surface area (Å²) in [7, 11) is 2.10. The smallest absolute Gasteiger partial charge is 0.185 e. The molecule has 86 valence electrons. The Labute approximate surface area is 105 Å². The zero-order valence-electron chi connectivity index (χ0n) is 10.4. The van der Waals surface area contributed by atoms with Crippen molar-refractivity contribution in [1.82, 2.24) is 4.98 Å². The first-order valence-electron chi connectivity index (χ1n) is 6.13. The monoisotopic (exact) mass is 233 g/mol. The van der Waals surface area contributed by atoms with Crippen LogP contribution in [0.5, 0.6) is 0 Å². The number of hydrogen-bond acceptors (Lipinski definition) is 1. The van der Waals surface area contributed by atoms with E-state index in [0.29, 0.717) is 0 Å². The molecule has 0 aliphatic heterocycles. The van der Waals surface area contributed by atoms with Gasteiger partial charge < -0.3 is 0 Å². The normalized spacial score (nSPS) is 11.9. The number of pyridine rings is 2. The minimum absolute atomic E-state index is 1.22. The Balaban J connectivity index is 2.46. The van der Waals surface area contributed by atoms with Gasteiger partial charge in [-0.15, -0.1) is 0 Å². The minimum atomic E-state index is 1.22. The standard InChI is InChI=1S/C16H13N2/c1-10-14-6-5-12-8-17-7-11-3-4-13(9-18(10)2)16(14)15(11)12/h3-9H,1-2H3/q+1. The molecule has 2 heterocycles. The first-order valence-corrected chi connectivity index (χ1v) is 6.13. The molecule has 0 aliphatic carbocycles. The van der Waals surface area contributed by atoms with Crippen LogP contribution in [0.25, 0.3) is 32.3 Å². The number of aryl methyl sites for hydroxylation is 2. The second-order valence-electron chi connectivity index (χ2n) is 4.93. The van der Waals surface area contributed by atoms with Crippen molar-refractivity contribution in [1.29, 1.82) is 0 Å². The highest BCUT2D eigenvalue weighted by atomic mass is 14.9. The Hall–Kier alpha value is -2.22. The van der Waals surface area contributed by atoms with Crippen molar-refractivity contribution in [3.05, 3.63) is 48.5 Å². The van der Waals surface area contributed by atoms with Crippen LogP contribution < -0.4 is 4.57 Å². The Bertz CT molecular complexity index is 878. The number of benzene rings is 2. The van der Waals surface area contributed by atoms with Gasteiger partial charge in [0.15, 0.2) is 11.9 Å². The lowest BCUT2D eigenvalue weighted by molar-refractivity contribution is -0.675. The van der Waals surface area contributed by atoms with Gasteiger partial charge in [0.2, 0.25) is 0 Å². The predicted molar refractivity (Wildman–Crippen MR) is 73.9 cm³/mol. The third-order valence-corrected chi connectivity index (χ3v) is 3.94. The number of aromatic nitrogens is 2. The fourth-order valence-electron chi connectivity index (χ4n) is 2.89. The average Bonchev–Trinajstić information content (AvgIpc) is 2.40. The minimum Gasteiger partial charge on any atom is -0.263 e. The Morgan fingerprint density at radius 2 is 1.56 bits per heavy atom. The first-order chi connectivity index (χ1) is 8.75. The van der Waals surface area contributed by atoms with Crippen LogP contribution in [0, 0.1) is 6.92 Å². The van der Waals surface area contributed by atoms with Crippen molar-refractivity contribution < 1.29 is 4.57 Å². The van der Waals surface area contributed by atoms with Gasteiger partial charge >= 0.3 is 0 Å². The van der Waals surface area contributed by atoms with Crippen molar-refractivity contribution in [2.24, 2.45) is 7.05 Å². The summed E-state index contributed by atoms with van der Waals surface area (Å²) in [6.45, 7) is 2.17. The van der Waals surface area contributed by atoms with Crippen molar-refractivity contribution in [3.8, 4) is 0 Å². The lowest BCUT2D eigenvalue weighted by Crippen LogP contribution is -2.31. The molecule has 4 rings (SSSR count). The maximum Gasteiger partial charge on any atom is 0.185 e. The van der Waals surface area contributed by atoms with Gasteiger partial charge in [-0.1, -0.05) is 12.1 Å². The van der Waals surface area contributed by atoms with E-state index in [1.165, 1.54) is 38.0 Å². The molecule has 0 bridgehead atoms. The number of hydrogen-bond donors (Lipinski definition) is 0. The topological polar surface area (TPSA) is 16.8 Å². The molecule has 0 radical (unpaired) electrons. The van der Waals surface area contributed by atoms with Gasteiger partial charge in [0.25, 0.3) is 0 Å². The van der Waals surface area contributed by atoms with E-state index < -0.39 is 0 Å². The molecule has 0 saturated heterocycles. The van der Waals surface area contributed by atoms with Gasteiger partial charge in [0.1, 0.15) is 7.05 Å². The second kappa shape index (κ2) is 3.16. The van der Waals surface area contributed by atoms with E-state index in [9.17, 15) is 0 Å². The third kappa shape index (κ3) is 1.07. The molecule has 0 unspecified atom stereocenters.